The highest BCUT2D eigenvalue weighted by molar-refractivity contribution is 7.86. The highest BCUT2D eigenvalue weighted by Crippen LogP contribution is 2.12. The summed E-state index contributed by atoms with van der Waals surface area (Å²) in [6.45, 7) is 1.28. The molecular formula is C9H11NO5S. The average Bonchev–Trinajstić information content (AvgIpc) is 2.17. The number of rotatable bonds is 4. The van der Waals surface area contributed by atoms with Gasteiger partial charge < -0.3 is 10.4 Å². The van der Waals surface area contributed by atoms with Crippen molar-refractivity contribution >= 4 is 21.8 Å². The van der Waals surface area contributed by atoms with Crippen LogP contribution < -0.4 is 5.32 Å². The molecule has 1 atom stereocenters. The number of carbonyl (C=O) groups is 1. The molecule has 16 heavy (non-hydrogen) atoms. The second-order valence-corrected chi connectivity index (χ2v) is 4.92. The second-order valence-electron chi connectivity index (χ2n) is 3.18. The van der Waals surface area contributed by atoms with Gasteiger partial charge in [-0.05, 0) is 31.2 Å². The van der Waals surface area contributed by atoms with Crippen molar-refractivity contribution in [3.8, 4) is 0 Å². The number of benzene rings is 1. The van der Waals surface area contributed by atoms with Crippen LogP contribution in [0.3, 0.4) is 0 Å². The third-order valence-corrected chi connectivity index (χ3v) is 2.96. The van der Waals surface area contributed by atoms with E-state index in [0.29, 0.717) is 5.69 Å². The predicted molar refractivity (Wildman–Crippen MR) is 58.0 cm³/mol. The van der Waals surface area contributed by atoms with Crippen LogP contribution in [0, 0.1) is 0 Å². The minimum absolute atomic E-state index is 0.102. The van der Waals surface area contributed by atoms with Gasteiger partial charge in [0.05, 0.1) is 5.56 Å². The van der Waals surface area contributed by atoms with Crippen molar-refractivity contribution in [1.82, 2.24) is 0 Å². The Kier molecular flexibility index (Phi) is 3.51. The first-order valence-electron chi connectivity index (χ1n) is 4.37. The zero-order valence-corrected chi connectivity index (χ0v) is 9.23. The first kappa shape index (κ1) is 12.5. The van der Waals surface area contributed by atoms with E-state index in [2.05, 4.69) is 5.32 Å². The molecule has 1 aromatic carbocycles. The summed E-state index contributed by atoms with van der Waals surface area (Å²) < 4.78 is 30.1. The molecule has 1 aromatic rings. The zero-order valence-electron chi connectivity index (χ0n) is 8.41. The van der Waals surface area contributed by atoms with E-state index < -0.39 is 21.5 Å². The van der Waals surface area contributed by atoms with Gasteiger partial charge in [-0.2, -0.15) is 8.42 Å². The van der Waals surface area contributed by atoms with Crippen LogP contribution in [0.5, 0.6) is 0 Å². The third kappa shape index (κ3) is 3.21. The van der Waals surface area contributed by atoms with E-state index in [1.807, 2.05) is 0 Å². The third-order valence-electron chi connectivity index (χ3n) is 1.95. The number of carboxylic acid groups (broad SMARTS) is 1. The molecule has 0 bridgehead atoms. The molecule has 3 N–H and O–H groups in total. The SMILES string of the molecule is CC(Nc1ccc(C(=O)O)cc1)S(=O)(=O)O. The Morgan fingerprint density at radius 3 is 2.19 bits per heavy atom. The van der Waals surface area contributed by atoms with Crippen molar-refractivity contribution in [3.63, 3.8) is 0 Å². The van der Waals surface area contributed by atoms with Gasteiger partial charge in [0, 0.05) is 5.69 Å². The van der Waals surface area contributed by atoms with Crippen LogP contribution in [0.2, 0.25) is 0 Å². The van der Waals surface area contributed by atoms with Crippen LogP contribution in [0.4, 0.5) is 5.69 Å². The van der Waals surface area contributed by atoms with Crippen LogP contribution in [0.25, 0.3) is 0 Å². The van der Waals surface area contributed by atoms with Crippen molar-refractivity contribution in [2.75, 3.05) is 5.32 Å². The Hall–Kier alpha value is -1.60. The molecule has 88 valence electrons. The van der Waals surface area contributed by atoms with Crippen molar-refractivity contribution in [3.05, 3.63) is 29.8 Å². The quantitative estimate of drug-likeness (QED) is 0.684. The van der Waals surface area contributed by atoms with E-state index >= 15 is 0 Å². The standard InChI is InChI=1S/C9H11NO5S/c1-6(16(13,14)15)10-8-4-2-7(3-5-8)9(11)12/h2-6,10H,1H3,(H,11,12)(H,13,14,15). The number of hydrogen-bond acceptors (Lipinski definition) is 4. The lowest BCUT2D eigenvalue weighted by Crippen LogP contribution is -2.25. The molecule has 1 unspecified atom stereocenters. The van der Waals surface area contributed by atoms with E-state index in [-0.39, 0.29) is 5.56 Å². The van der Waals surface area contributed by atoms with Crippen LogP contribution in [0.15, 0.2) is 24.3 Å². The van der Waals surface area contributed by atoms with Crippen LogP contribution in [-0.2, 0) is 10.1 Å². The highest BCUT2D eigenvalue weighted by Gasteiger charge is 2.16. The smallest absolute Gasteiger partial charge is 0.335 e. The maximum absolute atomic E-state index is 10.7. The average molecular weight is 245 g/mol. The molecule has 6 nitrogen and oxygen atoms in total. The second kappa shape index (κ2) is 4.50. The van der Waals surface area contributed by atoms with Crippen molar-refractivity contribution in [1.29, 1.82) is 0 Å². The molecule has 0 spiro atoms. The molecule has 0 radical (unpaired) electrons. The predicted octanol–water partition coefficient (Wildman–Crippen LogP) is 1.03. The molecule has 0 aliphatic rings. The summed E-state index contributed by atoms with van der Waals surface area (Å²) in [5, 5.41) is 10.00. The fourth-order valence-electron chi connectivity index (χ4n) is 1.02. The first-order valence-corrected chi connectivity index (χ1v) is 5.87. The number of aromatic carboxylic acids is 1. The highest BCUT2D eigenvalue weighted by atomic mass is 32.2. The number of nitrogens with one attached hydrogen (secondary N) is 1. The molecule has 0 amide bonds. The fourth-order valence-corrected chi connectivity index (χ4v) is 1.30. The number of anilines is 1. The minimum atomic E-state index is -4.15. The summed E-state index contributed by atoms with van der Waals surface area (Å²) in [7, 11) is -4.15. The Bertz CT molecular complexity index is 479. The maximum Gasteiger partial charge on any atom is 0.335 e. The summed E-state index contributed by atoms with van der Waals surface area (Å²) in [5.41, 5.74) is 0.514. The van der Waals surface area contributed by atoms with Gasteiger partial charge in [0.15, 0.2) is 5.37 Å². The van der Waals surface area contributed by atoms with Gasteiger partial charge in [-0.3, -0.25) is 4.55 Å². The van der Waals surface area contributed by atoms with Crippen LogP contribution >= 0.6 is 0 Å². The van der Waals surface area contributed by atoms with E-state index in [0.717, 1.165) is 0 Å². The zero-order chi connectivity index (χ0) is 12.3. The molecule has 0 aromatic heterocycles. The van der Waals surface area contributed by atoms with Crippen molar-refractivity contribution in [2.24, 2.45) is 0 Å². The largest absolute Gasteiger partial charge is 0.478 e. The molecule has 7 heteroatoms. The molecule has 1 rings (SSSR count). The molecule has 0 saturated heterocycles. The van der Waals surface area contributed by atoms with Gasteiger partial charge in [-0.15, -0.1) is 0 Å². The first-order chi connectivity index (χ1) is 7.30. The van der Waals surface area contributed by atoms with Crippen LogP contribution in [0.1, 0.15) is 17.3 Å². The molecule has 0 saturated carbocycles. The fraction of sp³-hybridized carbons (Fsp3) is 0.222. The normalized spacial score (nSPS) is 13.1. The number of hydrogen-bond donors (Lipinski definition) is 3. The molecule has 0 fully saturated rings. The summed E-state index contributed by atoms with van der Waals surface area (Å²) in [6, 6.07) is 5.51. The van der Waals surface area contributed by atoms with E-state index in [4.69, 9.17) is 9.66 Å². The van der Waals surface area contributed by atoms with Gasteiger partial charge in [0.1, 0.15) is 0 Å². The van der Waals surface area contributed by atoms with Gasteiger partial charge in [-0.1, -0.05) is 0 Å². The van der Waals surface area contributed by atoms with Gasteiger partial charge in [-0.25, -0.2) is 4.79 Å². The maximum atomic E-state index is 10.7. The Morgan fingerprint density at radius 2 is 1.81 bits per heavy atom. The van der Waals surface area contributed by atoms with Crippen molar-refractivity contribution in [2.45, 2.75) is 12.3 Å². The van der Waals surface area contributed by atoms with Crippen molar-refractivity contribution < 1.29 is 22.9 Å². The Balaban J connectivity index is 2.81. The summed E-state index contributed by atoms with van der Waals surface area (Å²) in [6.07, 6.45) is 0. The molecule has 0 aliphatic heterocycles. The lowest BCUT2D eigenvalue weighted by Gasteiger charge is -2.11. The Labute approximate surface area is 92.7 Å². The summed E-state index contributed by atoms with van der Waals surface area (Å²) >= 11 is 0. The minimum Gasteiger partial charge on any atom is -0.478 e. The monoisotopic (exact) mass is 245 g/mol. The number of carboxylic acids is 1. The van der Waals surface area contributed by atoms with E-state index in [1.165, 1.54) is 31.2 Å². The lowest BCUT2D eigenvalue weighted by molar-refractivity contribution is 0.0697. The Morgan fingerprint density at radius 1 is 1.31 bits per heavy atom. The molecular weight excluding hydrogens is 234 g/mol. The summed E-state index contributed by atoms with van der Waals surface area (Å²) in [4.78, 5) is 10.5. The van der Waals surface area contributed by atoms with Crippen LogP contribution in [-0.4, -0.2) is 29.4 Å². The topological polar surface area (TPSA) is 104 Å². The molecule has 0 heterocycles. The van der Waals surface area contributed by atoms with E-state index in [1.54, 1.807) is 0 Å². The van der Waals surface area contributed by atoms with Gasteiger partial charge >= 0.3 is 5.97 Å². The van der Waals surface area contributed by atoms with Gasteiger partial charge in [0.25, 0.3) is 10.1 Å². The lowest BCUT2D eigenvalue weighted by atomic mass is 10.2. The van der Waals surface area contributed by atoms with Gasteiger partial charge in [0.2, 0.25) is 0 Å². The van der Waals surface area contributed by atoms with E-state index in [9.17, 15) is 13.2 Å². The summed E-state index contributed by atoms with van der Waals surface area (Å²) in [5.74, 6) is -1.06. The molecule has 0 aliphatic carbocycles.